The number of aliphatic hydroxyl groups is 4. The molecule has 0 aliphatic rings. The molecule has 0 aromatic rings. The van der Waals surface area contributed by atoms with Crippen LogP contribution in [0, 0.1) is 0 Å². The molecule has 10 heteroatoms. The fourth-order valence-corrected chi connectivity index (χ4v) is 1.40. The first-order valence-electron chi connectivity index (χ1n) is 4.07. The lowest BCUT2D eigenvalue weighted by Crippen LogP contribution is -2.46. The van der Waals surface area contributed by atoms with Gasteiger partial charge in [0.1, 0.15) is 18.8 Å². The van der Waals surface area contributed by atoms with Crippen molar-refractivity contribution >= 4 is 13.6 Å². The molecule has 0 saturated heterocycles. The van der Waals surface area contributed by atoms with Gasteiger partial charge in [0.2, 0.25) is 0 Å². The maximum Gasteiger partial charge on any atom is 0.470 e. The zero-order valence-electron chi connectivity index (χ0n) is 8.00. The molecule has 0 radical (unpaired) electrons. The van der Waals surface area contributed by atoms with E-state index in [1.807, 2.05) is 0 Å². The molecule has 0 heterocycles. The molecule has 0 aromatic carbocycles. The van der Waals surface area contributed by atoms with Crippen LogP contribution in [-0.4, -0.2) is 67.5 Å². The third kappa shape index (κ3) is 5.10. The second kappa shape index (κ2) is 6.38. The Hall–Kier alpha value is -0.380. The molecule has 0 aliphatic carbocycles. The zero-order valence-corrected chi connectivity index (χ0v) is 8.90. The van der Waals surface area contributed by atoms with E-state index < -0.39 is 45.1 Å². The number of aliphatic hydroxyl groups excluding tert-OH is 4. The molecule has 0 aromatic heterocycles. The second-order valence-corrected chi connectivity index (χ2v) is 4.07. The van der Waals surface area contributed by atoms with Gasteiger partial charge < -0.3 is 30.2 Å². The van der Waals surface area contributed by atoms with Gasteiger partial charge in [-0.15, -0.1) is 0 Å². The highest BCUT2D eigenvalue weighted by Gasteiger charge is 2.37. The second-order valence-electron chi connectivity index (χ2n) is 2.88. The van der Waals surface area contributed by atoms with Gasteiger partial charge in [0.25, 0.3) is 0 Å². The quantitative estimate of drug-likeness (QED) is 0.258. The Morgan fingerprint density at radius 1 is 1.25 bits per heavy atom. The first-order chi connectivity index (χ1) is 7.22. The Morgan fingerprint density at radius 2 is 1.75 bits per heavy atom. The van der Waals surface area contributed by atoms with Gasteiger partial charge in [-0.1, -0.05) is 0 Å². The van der Waals surface area contributed by atoms with Crippen molar-refractivity contribution in [2.45, 2.75) is 18.3 Å². The van der Waals surface area contributed by atoms with Crippen molar-refractivity contribution in [3.63, 3.8) is 0 Å². The summed E-state index contributed by atoms with van der Waals surface area (Å²) in [4.78, 5) is 27.9. The number of carbonyl (C=O) groups excluding carboxylic acids is 1. The minimum atomic E-state index is -5.08. The number of ketones is 1. The van der Waals surface area contributed by atoms with E-state index in [4.69, 9.17) is 25.1 Å². The topological polar surface area (TPSA) is 165 Å². The van der Waals surface area contributed by atoms with E-state index in [1.165, 1.54) is 0 Å². The van der Waals surface area contributed by atoms with Crippen molar-refractivity contribution in [3.8, 4) is 0 Å². The minimum absolute atomic E-state index is 0.944. The van der Waals surface area contributed by atoms with Crippen molar-refractivity contribution in [2.24, 2.45) is 0 Å². The van der Waals surface area contributed by atoms with E-state index in [1.54, 1.807) is 0 Å². The molecule has 0 spiro atoms. The van der Waals surface area contributed by atoms with Crippen molar-refractivity contribution < 1.29 is 44.1 Å². The van der Waals surface area contributed by atoms with E-state index in [9.17, 15) is 14.5 Å². The summed E-state index contributed by atoms with van der Waals surface area (Å²) in [5.41, 5.74) is 0. The van der Waals surface area contributed by atoms with Crippen LogP contribution in [0.4, 0.5) is 0 Å². The van der Waals surface area contributed by atoms with Gasteiger partial charge in [0, 0.05) is 0 Å². The van der Waals surface area contributed by atoms with Crippen molar-refractivity contribution in [1.82, 2.24) is 0 Å². The van der Waals surface area contributed by atoms with Gasteiger partial charge in [-0.3, -0.25) is 9.32 Å². The lowest BCUT2D eigenvalue weighted by Gasteiger charge is -2.24. The fourth-order valence-electron chi connectivity index (χ4n) is 0.859. The highest BCUT2D eigenvalue weighted by atomic mass is 31.2. The van der Waals surface area contributed by atoms with Crippen LogP contribution in [0.3, 0.4) is 0 Å². The van der Waals surface area contributed by atoms with E-state index in [2.05, 4.69) is 4.52 Å². The largest absolute Gasteiger partial charge is 0.470 e. The van der Waals surface area contributed by atoms with Gasteiger partial charge in [0.15, 0.2) is 11.9 Å². The van der Waals surface area contributed by atoms with Crippen LogP contribution in [-0.2, 0) is 13.9 Å². The van der Waals surface area contributed by atoms with Crippen LogP contribution in [0.5, 0.6) is 0 Å². The lowest BCUT2D eigenvalue weighted by atomic mass is 10.1. The van der Waals surface area contributed by atoms with Crippen molar-refractivity contribution in [3.05, 3.63) is 0 Å². The highest BCUT2D eigenvalue weighted by Crippen LogP contribution is 2.38. The SMILES string of the molecule is O=C(CO)[C@@H](OP(=O)(O)O)[C@H](O)[C@H](O)CO. The first-order valence-corrected chi connectivity index (χ1v) is 5.60. The Morgan fingerprint density at radius 3 is 2.06 bits per heavy atom. The highest BCUT2D eigenvalue weighted by molar-refractivity contribution is 7.46. The summed E-state index contributed by atoms with van der Waals surface area (Å²) in [6, 6.07) is 0. The number of rotatable bonds is 7. The monoisotopic (exact) mass is 260 g/mol. The normalized spacial score (nSPS) is 17.9. The van der Waals surface area contributed by atoms with E-state index in [0.717, 1.165) is 0 Å². The molecule has 0 amide bonds. The van der Waals surface area contributed by atoms with Crippen molar-refractivity contribution in [2.75, 3.05) is 13.2 Å². The zero-order chi connectivity index (χ0) is 12.9. The Bertz CT molecular complexity index is 273. The maximum atomic E-state index is 11.0. The van der Waals surface area contributed by atoms with Crippen LogP contribution in [0.15, 0.2) is 0 Å². The van der Waals surface area contributed by atoms with Gasteiger partial charge in [-0.2, -0.15) is 0 Å². The van der Waals surface area contributed by atoms with E-state index in [0.29, 0.717) is 0 Å². The molecule has 0 bridgehead atoms. The average Bonchev–Trinajstić information content (AvgIpc) is 2.21. The molecular weight excluding hydrogens is 247 g/mol. The molecule has 0 saturated carbocycles. The Labute approximate surface area is 90.2 Å². The molecule has 16 heavy (non-hydrogen) atoms. The number of Topliss-reactive ketones (excluding diaryl/α,β-unsaturated/α-hetero) is 1. The number of hydrogen-bond acceptors (Lipinski definition) is 7. The number of phosphoric ester groups is 1. The van der Waals surface area contributed by atoms with Gasteiger partial charge in [0.05, 0.1) is 6.61 Å². The van der Waals surface area contributed by atoms with Gasteiger partial charge >= 0.3 is 7.82 Å². The van der Waals surface area contributed by atoms with Crippen LogP contribution in [0.25, 0.3) is 0 Å². The predicted octanol–water partition coefficient (Wildman–Crippen LogP) is -3.26. The molecule has 0 rings (SSSR count). The Balaban J connectivity index is 4.80. The molecular formula is C6H13O9P. The summed E-state index contributed by atoms with van der Waals surface area (Å²) in [6.45, 7) is -2.08. The minimum Gasteiger partial charge on any atom is -0.394 e. The summed E-state index contributed by atoms with van der Waals surface area (Å²) in [5.74, 6) is -1.23. The summed E-state index contributed by atoms with van der Waals surface area (Å²) in [7, 11) is -5.08. The predicted molar refractivity (Wildman–Crippen MR) is 48.1 cm³/mol. The average molecular weight is 260 g/mol. The molecule has 6 N–H and O–H groups in total. The van der Waals surface area contributed by atoms with Gasteiger partial charge in [-0.25, -0.2) is 4.57 Å². The smallest absolute Gasteiger partial charge is 0.394 e. The number of hydrogen-bond donors (Lipinski definition) is 6. The van der Waals surface area contributed by atoms with E-state index in [-0.39, 0.29) is 0 Å². The lowest BCUT2D eigenvalue weighted by molar-refractivity contribution is -0.141. The standard InChI is InChI=1S/C6H13O9P/c7-1-3(9)5(11)6(4(10)2-8)15-16(12,13)14/h3,5-9,11H,1-2H2,(H2,12,13,14)/t3-,5-,6-/m1/s1. The van der Waals surface area contributed by atoms with Crippen LogP contribution in [0.1, 0.15) is 0 Å². The number of carbonyl (C=O) groups is 1. The molecule has 0 aliphatic heterocycles. The maximum absolute atomic E-state index is 11.0. The van der Waals surface area contributed by atoms with Crippen LogP contribution in [0.2, 0.25) is 0 Å². The molecule has 0 fully saturated rings. The Kier molecular flexibility index (Phi) is 6.23. The third-order valence-corrected chi connectivity index (χ3v) is 2.12. The molecule has 9 nitrogen and oxygen atoms in total. The molecule has 3 atom stereocenters. The van der Waals surface area contributed by atoms with Crippen LogP contribution < -0.4 is 0 Å². The van der Waals surface area contributed by atoms with Crippen molar-refractivity contribution in [1.29, 1.82) is 0 Å². The summed E-state index contributed by atoms with van der Waals surface area (Å²) in [6.07, 6.45) is -6.00. The third-order valence-electron chi connectivity index (χ3n) is 1.62. The van der Waals surface area contributed by atoms with Gasteiger partial charge in [-0.05, 0) is 0 Å². The summed E-state index contributed by atoms with van der Waals surface area (Å²) >= 11 is 0. The molecule has 0 unspecified atom stereocenters. The fraction of sp³-hybridized carbons (Fsp3) is 0.833. The summed E-state index contributed by atoms with van der Waals surface area (Å²) < 4.78 is 14.4. The first kappa shape index (κ1) is 15.6. The van der Waals surface area contributed by atoms with Crippen LogP contribution >= 0.6 is 7.82 Å². The van der Waals surface area contributed by atoms with E-state index >= 15 is 0 Å². The number of phosphoric acid groups is 1. The molecule has 96 valence electrons. The summed E-state index contributed by atoms with van der Waals surface area (Å²) in [5, 5.41) is 35.1.